The van der Waals surface area contributed by atoms with Crippen molar-refractivity contribution >= 4 is 45.7 Å². The van der Waals surface area contributed by atoms with Crippen LogP contribution in [0.15, 0.2) is 52.4 Å². The summed E-state index contributed by atoms with van der Waals surface area (Å²) in [6.07, 6.45) is 1.62. The molecule has 2 heterocycles. The number of piperidine rings is 1. The molecule has 0 saturated carbocycles. The first-order valence-corrected chi connectivity index (χ1v) is 11.6. The Balaban J connectivity index is 1.51. The molecular formula is C23H24ClFN4O2S. The van der Waals surface area contributed by atoms with Crippen molar-refractivity contribution in [2.45, 2.75) is 18.5 Å². The van der Waals surface area contributed by atoms with Crippen molar-refractivity contribution in [3.63, 3.8) is 0 Å². The summed E-state index contributed by atoms with van der Waals surface area (Å²) in [6, 6.07) is 11.3. The number of nitrogens with one attached hydrogen (secondary N) is 1. The van der Waals surface area contributed by atoms with Gasteiger partial charge in [-0.25, -0.2) is 9.38 Å². The molecule has 2 aromatic rings. The molecule has 0 radical (unpaired) electrons. The lowest BCUT2D eigenvalue weighted by atomic mass is 9.99. The fourth-order valence-corrected chi connectivity index (χ4v) is 4.76. The van der Waals surface area contributed by atoms with Gasteiger partial charge in [-0.05, 0) is 49.5 Å². The second-order valence-electron chi connectivity index (χ2n) is 7.85. The Morgan fingerprint density at radius 3 is 2.62 bits per heavy atom. The first-order chi connectivity index (χ1) is 15.4. The maximum atomic E-state index is 13.5. The molecule has 2 aliphatic heterocycles. The van der Waals surface area contributed by atoms with Crippen LogP contribution in [0.25, 0.3) is 0 Å². The molecule has 1 amide bonds. The van der Waals surface area contributed by atoms with Gasteiger partial charge in [0.2, 0.25) is 5.91 Å². The zero-order valence-corrected chi connectivity index (χ0v) is 19.5. The number of halogens is 2. The Bertz CT molecular complexity index is 1070. The zero-order valence-electron chi connectivity index (χ0n) is 17.9. The quantitative estimate of drug-likeness (QED) is 0.693. The van der Waals surface area contributed by atoms with E-state index in [1.54, 1.807) is 30.3 Å². The first-order valence-electron chi connectivity index (χ1n) is 10.3. The van der Waals surface area contributed by atoms with Gasteiger partial charge in [0.1, 0.15) is 16.6 Å². The number of hydrogen-bond donors (Lipinski definition) is 1. The molecule has 0 aliphatic carbocycles. The minimum Gasteiger partial charge on any atom is -0.495 e. The number of likely N-dealkylation sites (tertiary alicyclic amines) is 1. The number of amides is 1. The molecule has 2 aromatic carbocycles. The summed E-state index contributed by atoms with van der Waals surface area (Å²) in [5.74, 6) is 0.165. The molecule has 0 unspecified atom stereocenters. The molecule has 1 N–H and O–H groups in total. The van der Waals surface area contributed by atoms with Crippen LogP contribution in [0, 0.1) is 5.82 Å². The van der Waals surface area contributed by atoms with Crippen molar-refractivity contribution in [1.29, 1.82) is 0 Å². The van der Waals surface area contributed by atoms with Gasteiger partial charge in [-0.15, -0.1) is 0 Å². The third-order valence-electron chi connectivity index (χ3n) is 5.51. The van der Waals surface area contributed by atoms with E-state index in [2.05, 4.69) is 17.3 Å². The molecule has 0 bridgehead atoms. The second kappa shape index (κ2) is 9.60. The number of methoxy groups -OCH3 is 1. The highest BCUT2D eigenvalue weighted by atomic mass is 35.5. The van der Waals surface area contributed by atoms with Crippen molar-refractivity contribution in [1.82, 2.24) is 4.90 Å². The van der Waals surface area contributed by atoms with Crippen LogP contribution in [0.5, 0.6) is 5.75 Å². The Kier molecular flexibility index (Phi) is 6.83. The smallest absolute Gasteiger partial charge is 0.234 e. The molecule has 2 aliphatic rings. The predicted molar refractivity (Wildman–Crippen MR) is 129 cm³/mol. The summed E-state index contributed by atoms with van der Waals surface area (Å²) >= 11 is 7.38. The van der Waals surface area contributed by atoms with Gasteiger partial charge >= 0.3 is 0 Å². The summed E-state index contributed by atoms with van der Waals surface area (Å²) < 4.78 is 18.7. The Hall–Kier alpha value is -2.42. The highest BCUT2D eigenvalue weighted by molar-refractivity contribution is 8.16. The number of aliphatic imine (C=N–C) groups is 2. The van der Waals surface area contributed by atoms with Gasteiger partial charge in [-0.3, -0.25) is 9.79 Å². The fraction of sp³-hybridized carbons (Fsp3) is 0.348. The molecule has 9 heteroatoms. The van der Waals surface area contributed by atoms with E-state index in [1.807, 2.05) is 0 Å². The molecule has 1 saturated heterocycles. The number of anilines is 1. The van der Waals surface area contributed by atoms with E-state index in [0.29, 0.717) is 27.2 Å². The SMILES string of the molecule is COc1ccc(Cl)cc1NC(=O)CSC1=NC2(CCN(C)CC2)N=C1c1ccc(F)cc1. The van der Waals surface area contributed by atoms with Crippen LogP contribution in [0.1, 0.15) is 18.4 Å². The van der Waals surface area contributed by atoms with Gasteiger partial charge in [0.25, 0.3) is 0 Å². The maximum absolute atomic E-state index is 13.5. The van der Waals surface area contributed by atoms with Crippen LogP contribution in [0.3, 0.4) is 0 Å². The summed E-state index contributed by atoms with van der Waals surface area (Å²) in [7, 11) is 3.62. The Morgan fingerprint density at radius 1 is 1.22 bits per heavy atom. The number of ether oxygens (including phenoxy) is 1. The fourth-order valence-electron chi connectivity index (χ4n) is 3.72. The number of hydrogen-bond acceptors (Lipinski definition) is 6. The summed E-state index contributed by atoms with van der Waals surface area (Å²) in [5, 5.41) is 4.05. The lowest BCUT2D eigenvalue weighted by Gasteiger charge is -2.33. The van der Waals surface area contributed by atoms with E-state index >= 15 is 0 Å². The number of nitrogens with zero attached hydrogens (tertiary/aromatic N) is 3. The van der Waals surface area contributed by atoms with E-state index in [-0.39, 0.29) is 17.5 Å². The van der Waals surface area contributed by atoms with Gasteiger partial charge in [-0.2, -0.15) is 0 Å². The zero-order chi connectivity index (χ0) is 22.7. The molecule has 1 fully saturated rings. The van der Waals surface area contributed by atoms with Gasteiger partial charge in [0.05, 0.1) is 24.3 Å². The van der Waals surface area contributed by atoms with Gasteiger partial charge < -0.3 is 15.0 Å². The number of carbonyl (C=O) groups excluding carboxylic acids is 1. The topological polar surface area (TPSA) is 66.3 Å². The second-order valence-corrected chi connectivity index (χ2v) is 9.25. The van der Waals surface area contributed by atoms with E-state index in [9.17, 15) is 9.18 Å². The highest BCUT2D eigenvalue weighted by Gasteiger charge is 2.39. The van der Waals surface area contributed by atoms with Crippen LogP contribution >= 0.6 is 23.4 Å². The normalized spacial score (nSPS) is 17.8. The molecule has 6 nitrogen and oxygen atoms in total. The summed E-state index contributed by atoms with van der Waals surface area (Å²) in [5.41, 5.74) is 1.52. The minimum absolute atomic E-state index is 0.144. The van der Waals surface area contributed by atoms with Crippen LogP contribution in [0.2, 0.25) is 5.02 Å². The van der Waals surface area contributed by atoms with E-state index < -0.39 is 5.66 Å². The van der Waals surface area contributed by atoms with Crippen molar-refractivity contribution in [2.24, 2.45) is 9.98 Å². The van der Waals surface area contributed by atoms with Crippen LogP contribution < -0.4 is 10.1 Å². The third-order valence-corrected chi connectivity index (χ3v) is 6.71. The monoisotopic (exact) mass is 474 g/mol. The lowest BCUT2D eigenvalue weighted by molar-refractivity contribution is -0.113. The molecule has 0 aromatic heterocycles. The minimum atomic E-state index is -0.509. The van der Waals surface area contributed by atoms with Crippen LogP contribution in [-0.4, -0.2) is 60.2 Å². The number of rotatable bonds is 5. The maximum Gasteiger partial charge on any atom is 0.234 e. The summed E-state index contributed by atoms with van der Waals surface area (Å²) in [4.78, 5) is 24.8. The number of thioether (sulfide) groups is 1. The van der Waals surface area contributed by atoms with Crippen molar-refractivity contribution < 1.29 is 13.9 Å². The van der Waals surface area contributed by atoms with Crippen LogP contribution in [-0.2, 0) is 4.79 Å². The molecule has 1 spiro atoms. The van der Waals surface area contributed by atoms with Crippen molar-refractivity contribution in [2.75, 3.05) is 38.3 Å². The standard InChI is InChI=1S/C23H24ClFN4O2S/c1-29-11-9-23(10-12-29)27-21(15-3-6-17(25)7-4-15)22(28-23)32-14-20(30)26-18-13-16(24)5-8-19(18)31-2/h3-8,13H,9-12,14H2,1-2H3,(H,26,30). The van der Waals surface area contributed by atoms with Crippen LogP contribution in [0.4, 0.5) is 10.1 Å². The molecular weight excluding hydrogens is 451 g/mol. The molecule has 0 atom stereocenters. The average molecular weight is 475 g/mol. The van der Waals surface area contributed by atoms with Gasteiger partial charge in [-0.1, -0.05) is 23.4 Å². The van der Waals surface area contributed by atoms with Gasteiger partial charge in [0, 0.05) is 36.5 Å². The molecule has 168 valence electrons. The van der Waals surface area contributed by atoms with E-state index in [1.165, 1.54) is 31.0 Å². The highest BCUT2D eigenvalue weighted by Crippen LogP contribution is 2.35. The lowest BCUT2D eigenvalue weighted by Crippen LogP contribution is -2.39. The van der Waals surface area contributed by atoms with E-state index in [0.717, 1.165) is 31.5 Å². The van der Waals surface area contributed by atoms with Crippen molar-refractivity contribution in [3.8, 4) is 5.75 Å². The van der Waals surface area contributed by atoms with E-state index in [4.69, 9.17) is 26.3 Å². The number of benzene rings is 2. The number of carbonyl (C=O) groups is 1. The third kappa shape index (κ3) is 5.14. The summed E-state index contributed by atoms with van der Waals surface area (Å²) in [6.45, 7) is 1.80. The predicted octanol–water partition coefficient (Wildman–Crippen LogP) is 4.48. The first kappa shape index (κ1) is 22.8. The molecule has 4 rings (SSSR count). The van der Waals surface area contributed by atoms with Crippen molar-refractivity contribution in [3.05, 3.63) is 58.9 Å². The Morgan fingerprint density at radius 2 is 1.94 bits per heavy atom. The largest absolute Gasteiger partial charge is 0.495 e. The Labute approximate surface area is 195 Å². The average Bonchev–Trinajstić information content (AvgIpc) is 3.13. The van der Waals surface area contributed by atoms with Gasteiger partial charge in [0.15, 0.2) is 5.66 Å². The molecule has 32 heavy (non-hydrogen) atoms.